The minimum absolute atomic E-state index is 0.145. The average Bonchev–Trinajstić information content (AvgIpc) is 2.99. The summed E-state index contributed by atoms with van der Waals surface area (Å²) in [6, 6.07) is 20.8. The SMILES string of the molecule is COc1cc(C2C3=C(CCCC3=O)N(CCc3ccccc3)C3=C2C(=O)CCC3)cc(Br)c1OCc1cc(C)cc(C)c1. The number of aryl methyl sites for hydroxylation is 2. The van der Waals surface area contributed by atoms with Gasteiger partial charge in [-0.05, 0) is 90.7 Å². The summed E-state index contributed by atoms with van der Waals surface area (Å²) in [6.07, 6.45) is 5.22. The number of ether oxygens (including phenoxy) is 2. The van der Waals surface area contributed by atoms with Gasteiger partial charge in [-0.25, -0.2) is 0 Å². The number of rotatable bonds is 8. The van der Waals surface area contributed by atoms with Crippen molar-refractivity contribution >= 4 is 27.5 Å². The molecule has 0 amide bonds. The first-order chi connectivity index (χ1) is 20.8. The molecule has 3 aromatic rings. The summed E-state index contributed by atoms with van der Waals surface area (Å²) in [5, 5.41) is 0. The Morgan fingerprint density at radius 3 is 2.05 bits per heavy atom. The maximum Gasteiger partial charge on any atom is 0.175 e. The molecule has 0 radical (unpaired) electrons. The Morgan fingerprint density at radius 1 is 0.814 bits per heavy atom. The number of hydrogen-bond donors (Lipinski definition) is 0. The Kier molecular flexibility index (Phi) is 8.58. The Labute approximate surface area is 262 Å². The number of nitrogens with zero attached hydrogens (tertiary/aromatic N) is 1. The lowest BCUT2D eigenvalue weighted by Gasteiger charge is -2.44. The Bertz CT molecular complexity index is 1570. The predicted octanol–water partition coefficient (Wildman–Crippen LogP) is 8.31. The van der Waals surface area contributed by atoms with E-state index < -0.39 is 5.92 Å². The number of benzene rings is 3. The molecule has 0 N–H and O–H groups in total. The Morgan fingerprint density at radius 2 is 1.44 bits per heavy atom. The molecule has 2 aliphatic carbocycles. The second-order valence-electron chi connectivity index (χ2n) is 11.9. The lowest BCUT2D eigenvalue weighted by Crippen LogP contribution is -2.40. The molecular weight excluding hydrogens is 602 g/mol. The maximum atomic E-state index is 13.7. The molecule has 3 aromatic carbocycles. The fourth-order valence-corrected chi connectivity index (χ4v) is 7.63. The third-order valence-electron chi connectivity index (χ3n) is 8.80. The molecule has 0 spiro atoms. The molecule has 6 rings (SSSR count). The lowest BCUT2D eigenvalue weighted by atomic mass is 9.71. The first kappa shape index (κ1) is 29.4. The topological polar surface area (TPSA) is 55.8 Å². The van der Waals surface area contributed by atoms with Gasteiger partial charge in [0, 0.05) is 47.8 Å². The first-order valence-corrected chi connectivity index (χ1v) is 16.0. The molecule has 222 valence electrons. The zero-order valence-corrected chi connectivity index (χ0v) is 26.8. The summed E-state index contributed by atoms with van der Waals surface area (Å²) in [7, 11) is 1.63. The van der Waals surface area contributed by atoms with Crippen LogP contribution in [0.15, 0.2) is 87.7 Å². The van der Waals surface area contributed by atoms with E-state index in [9.17, 15) is 9.59 Å². The van der Waals surface area contributed by atoms with Gasteiger partial charge in [0.15, 0.2) is 23.1 Å². The quantitative estimate of drug-likeness (QED) is 0.248. The van der Waals surface area contributed by atoms with Crippen molar-refractivity contribution in [3.63, 3.8) is 0 Å². The summed E-state index contributed by atoms with van der Waals surface area (Å²) >= 11 is 3.76. The van der Waals surface area contributed by atoms with E-state index in [-0.39, 0.29) is 11.6 Å². The van der Waals surface area contributed by atoms with Crippen molar-refractivity contribution in [2.24, 2.45) is 0 Å². The zero-order chi connectivity index (χ0) is 30.1. The third-order valence-corrected chi connectivity index (χ3v) is 9.39. The average molecular weight is 641 g/mol. The molecule has 6 heteroatoms. The van der Waals surface area contributed by atoms with Crippen molar-refractivity contribution in [3.05, 3.63) is 115 Å². The van der Waals surface area contributed by atoms with Gasteiger partial charge in [-0.3, -0.25) is 9.59 Å². The van der Waals surface area contributed by atoms with Crippen LogP contribution in [0.1, 0.15) is 72.3 Å². The van der Waals surface area contributed by atoms with Crippen LogP contribution in [0.5, 0.6) is 11.5 Å². The van der Waals surface area contributed by atoms with Crippen LogP contribution in [0.2, 0.25) is 0 Å². The molecule has 43 heavy (non-hydrogen) atoms. The van der Waals surface area contributed by atoms with Gasteiger partial charge in [-0.2, -0.15) is 0 Å². The van der Waals surface area contributed by atoms with E-state index in [1.165, 1.54) is 16.7 Å². The predicted molar refractivity (Wildman–Crippen MR) is 172 cm³/mol. The smallest absolute Gasteiger partial charge is 0.175 e. The van der Waals surface area contributed by atoms with Gasteiger partial charge in [0.1, 0.15) is 6.61 Å². The summed E-state index contributed by atoms with van der Waals surface area (Å²) in [5.74, 6) is 1.07. The van der Waals surface area contributed by atoms with E-state index in [0.717, 1.165) is 76.8 Å². The summed E-state index contributed by atoms with van der Waals surface area (Å²) in [4.78, 5) is 29.8. The number of halogens is 1. The molecule has 3 aliphatic rings. The number of allylic oxidation sites excluding steroid dienone is 4. The third kappa shape index (κ3) is 5.95. The molecule has 0 fully saturated rings. The van der Waals surface area contributed by atoms with Crippen LogP contribution >= 0.6 is 15.9 Å². The van der Waals surface area contributed by atoms with E-state index in [2.05, 4.69) is 77.1 Å². The molecule has 0 saturated carbocycles. The van der Waals surface area contributed by atoms with Gasteiger partial charge in [-0.1, -0.05) is 59.7 Å². The van der Waals surface area contributed by atoms with E-state index in [4.69, 9.17) is 9.47 Å². The number of carbonyl (C=O) groups is 2. The second kappa shape index (κ2) is 12.5. The maximum absolute atomic E-state index is 13.7. The van der Waals surface area contributed by atoms with E-state index >= 15 is 0 Å². The van der Waals surface area contributed by atoms with E-state index in [1.807, 2.05) is 18.2 Å². The van der Waals surface area contributed by atoms with Crippen LogP contribution < -0.4 is 9.47 Å². The monoisotopic (exact) mass is 639 g/mol. The van der Waals surface area contributed by atoms with Crippen LogP contribution in [-0.2, 0) is 22.6 Å². The van der Waals surface area contributed by atoms with Crippen LogP contribution in [0.4, 0.5) is 0 Å². The van der Waals surface area contributed by atoms with Crippen molar-refractivity contribution in [1.29, 1.82) is 0 Å². The summed E-state index contributed by atoms with van der Waals surface area (Å²) < 4.78 is 12.9. The minimum Gasteiger partial charge on any atom is -0.493 e. The highest BCUT2D eigenvalue weighted by atomic mass is 79.9. The highest BCUT2D eigenvalue weighted by molar-refractivity contribution is 9.10. The van der Waals surface area contributed by atoms with Gasteiger partial charge >= 0.3 is 0 Å². The van der Waals surface area contributed by atoms with Gasteiger partial charge in [0.05, 0.1) is 11.6 Å². The van der Waals surface area contributed by atoms with Crippen LogP contribution in [0.3, 0.4) is 0 Å². The molecule has 0 unspecified atom stereocenters. The van der Waals surface area contributed by atoms with Crippen LogP contribution in [-0.4, -0.2) is 30.1 Å². The highest BCUT2D eigenvalue weighted by Gasteiger charge is 2.43. The normalized spacial score (nSPS) is 17.3. The molecule has 1 aliphatic heterocycles. The molecule has 0 aromatic heterocycles. The number of carbonyl (C=O) groups excluding carboxylic acids is 2. The number of methoxy groups -OCH3 is 1. The van der Waals surface area contributed by atoms with Crippen molar-refractivity contribution in [3.8, 4) is 11.5 Å². The van der Waals surface area contributed by atoms with E-state index in [0.29, 0.717) is 30.9 Å². The number of ketones is 2. The van der Waals surface area contributed by atoms with Crippen molar-refractivity contribution < 1.29 is 19.1 Å². The lowest BCUT2D eigenvalue weighted by molar-refractivity contribution is -0.117. The largest absolute Gasteiger partial charge is 0.493 e. The zero-order valence-electron chi connectivity index (χ0n) is 25.2. The fourth-order valence-electron chi connectivity index (χ4n) is 7.06. The molecular formula is C37H38BrNO4. The second-order valence-corrected chi connectivity index (χ2v) is 12.8. The van der Waals surface area contributed by atoms with Gasteiger partial charge < -0.3 is 14.4 Å². The van der Waals surface area contributed by atoms with Gasteiger partial charge in [0.2, 0.25) is 0 Å². The molecule has 1 heterocycles. The van der Waals surface area contributed by atoms with Crippen molar-refractivity contribution in [2.45, 2.75) is 71.3 Å². The molecule has 0 atom stereocenters. The van der Waals surface area contributed by atoms with Crippen LogP contribution in [0, 0.1) is 13.8 Å². The number of hydrogen-bond acceptors (Lipinski definition) is 5. The Balaban J connectivity index is 1.40. The highest BCUT2D eigenvalue weighted by Crippen LogP contribution is 2.51. The van der Waals surface area contributed by atoms with E-state index in [1.54, 1.807) is 7.11 Å². The Hall–Kier alpha value is -3.64. The van der Waals surface area contributed by atoms with Gasteiger partial charge in [0.25, 0.3) is 0 Å². The summed E-state index contributed by atoms with van der Waals surface area (Å²) in [5.41, 5.74) is 9.36. The number of Topliss-reactive ketones (excluding diaryl/α,β-unsaturated/α-hetero) is 2. The standard InChI is InChI=1S/C37H38BrNO4/c1-23-17-24(2)19-26(18-23)22-43-37-28(38)20-27(21-33(37)42-3)34-35-29(11-7-13-31(35)40)39(16-15-25-9-5-4-6-10-25)30-12-8-14-32(41)36(30)34/h4-6,9-10,17-21,34H,7-8,11-16,22H2,1-3H3. The fraction of sp³-hybridized carbons (Fsp3) is 0.351. The van der Waals surface area contributed by atoms with Gasteiger partial charge in [-0.15, -0.1) is 0 Å². The van der Waals surface area contributed by atoms with Crippen molar-refractivity contribution in [1.82, 2.24) is 4.90 Å². The first-order valence-electron chi connectivity index (χ1n) is 15.3. The minimum atomic E-state index is -0.405. The van der Waals surface area contributed by atoms with Crippen molar-refractivity contribution in [2.75, 3.05) is 13.7 Å². The van der Waals surface area contributed by atoms with Crippen LogP contribution in [0.25, 0.3) is 0 Å². The molecule has 0 saturated heterocycles. The molecule has 5 nitrogen and oxygen atoms in total. The summed E-state index contributed by atoms with van der Waals surface area (Å²) in [6.45, 7) is 5.32. The molecule has 0 bridgehead atoms.